The first-order valence-corrected chi connectivity index (χ1v) is 6.22. The Morgan fingerprint density at radius 2 is 1.63 bits per heavy atom. The van der Waals surface area contributed by atoms with Gasteiger partial charge in [-0.2, -0.15) is 0 Å². The standard InChI is InChI=1S/C16H17NO2/c1-12-7-9-14(10-8-12)16(17-15(19)11-18)13-5-3-2-4-6-13/h2-10,16,18H,11H2,1H3,(H,17,19). The van der Waals surface area contributed by atoms with Crippen LogP contribution in [0, 0.1) is 6.92 Å². The molecule has 0 aromatic heterocycles. The van der Waals surface area contributed by atoms with Gasteiger partial charge in [-0.1, -0.05) is 60.2 Å². The molecule has 98 valence electrons. The van der Waals surface area contributed by atoms with Crippen LogP contribution >= 0.6 is 0 Å². The summed E-state index contributed by atoms with van der Waals surface area (Å²) in [5.74, 6) is -0.380. The van der Waals surface area contributed by atoms with Crippen molar-refractivity contribution in [3.05, 3.63) is 71.3 Å². The van der Waals surface area contributed by atoms with Gasteiger partial charge in [0.05, 0.1) is 6.04 Å². The fourth-order valence-corrected chi connectivity index (χ4v) is 1.97. The summed E-state index contributed by atoms with van der Waals surface area (Å²) in [5.41, 5.74) is 3.16. The van der Waals surface area contributed by atoms with E-state index in [-0.39, 0.29) is 11.9 Å². The minimum atomic E-state index is -0.505. The lowest BCUT2D eigenvalue weighted by Crippen LogP contribution is -2.31. The molecule has 0 fully saturated rings. The number of hydrogen-bond donors (Lipinski definition) is 2. The molecule has 0 bridgehead atoms. The molecular weight excluding hydrogens is 238 g/mol. The Kier molecular flexibility index (Phi) is 4.31. The van der Waals surface area contributed by atoms with Crippen molar-refractivity contribution in [2.45, 2.75) is 13.0 Å². The molecule has 1 unspecified atom stereocenters. The fraction of sp³-hybridized carbons (Fsp3) is 0.188. The summed E-state index contributed by atoms with van der Waals surface area (Å²) >= 11 is 0. The second-order valence-electron chi connectivity index (χ2n) is 4.48. The lowest BCUT2D eigenvalue weighted by atomic mass is 9.98. The maximum absolute atomic E-state index is 11.5. The van der Waals surface area contributed by atoms with Crippen LogP contribution in [0.3, 0.4) is 0 Å². The van der Waals surface area contributed by atoms with Gasteiger partial charge in [-0.3, -0.25) is 4.79 Å². The Labute approximate surface area is 112 Å². The van der Waals surface area contributed by atoms with Crippen molar-refractivity contribution in [1.29, 1.82) is 0 Å². The zero-order chi connectivity index (χ0) is 13.7. The highest BCUT2D eigenvalue weighted by molar-refractivity contribution is 5.77. The van der Waals surface area contributed by atoms with Gasteiger partial charge in [-0.05, 0) is 18.1 Å². The number of carbonyl (C=O) groups excluding carboxylic acids is 1. The largest absolute Gasteiger partial charge is 0.387 e. The van der Waals surface area contributed by atoms with Crippen LogP contribution in [-0.4, -0.2) is 17.6 Å². The van der Waals surface area contributed by atoms with Crippen molar-refractivity contribution in [2.24, 2.45) is 0 Å². The number of nitrogens with one attached hydrogen (secondary N) is 1. The van der Waals surface area contributed by atoms with Crippen LogP contribution in [0.1, 0.15) is 22.7 Å². The number of rotatable bonds is 4. The molecule has 19 heavy (non-hydrogen) atoms. The number of aryl methyl sites for hydroxylation is 1. The molecule has 0 spiro atoms. The van der Waals surface area contributed by atoms with E-state index in [4.69, 9.17) is 5.11 Å². The molecule has 3 nitrogen and oxygen atoms in total. The monoisotopic (exact) mass is 255 g/mol. The number of aliphatic hydroxyl groups is 1. The minimum Gasteiger partial charge on any atom is -0.387 e. The van der Waals surface area contributed by atoms with Gasteiger partial charge >= 0.3 is 0 Å². The molecule has 1 atom stereocenters. The molecule has 1 amide bonds. The maximum atomic E-state index is 11.5. The molecule has 2 N–H and O–H groups in total. The quantitative estimate of drug-likeness (QED) is 0.880. The summed E-state index contributed by atoms with van der Waals surface area (Å²) in [6.45, 7) is 1.52. The van der Waals surface area contributed by atoms with Crippen molar-refractivity contribution in [3.63, 3.8) is 0 Å². The third kappa shape index (κ3) is 3.42. The van der Waals surface area contributed by atoms with E-state index in [9.17, 15) is 4.79 Å². The van der Waals surface area contributed by atoms with Crippen molar-refractivity contribution in [3.8, 4) is 0 Å². The summed E-state index contributed by atoms with van der Waals surface area (Å²) in [6, 6.07) is 17.5. The van der Waals surface area contributed by atoms with Crippen molar-refractivity contribution >= 4 is 5.91 Å². The zero-order valence-corrected chi connectivity index (χ0v) is 10.8. The molecule has 0 aliphatic heterocycles. The minimum absolute atomic E-state index is 0.235. The molecule has 0 saturated carbocycles. The first-order valence-electron chi connectivity index (χ1n) is 6.22. The Morgan fingerprint density at radius 3 is 2.21 bits per heavy atom. The number of aliphatic hydroxyl groups excluding tert-OH is 1. The third-order valence-corrected chi connectivity index (χ3v) is 2.99. The molecular formula is C16H17NO2. The van der Waals surface area contributed by atoms with E-state index >= 15 is 0 Å². The second kappa shape index (κ2) is 6.16. The van der Waals surface area contributed by atoms with Crippen LogP contribution in [0.4, 0.5) is 0 Å². The van der Waals surface area contributed by atoms with E-state index < -0.39 is 6.61 Å². The summed E-state index contributed by atoms with van der Waals surface area (Å²) in [7, 11) is 0. The SMILES string of the molecule is Cc1ccc(C(NC(=O)CO)c2ccccc2)cc1. The van der Waals surface area contributed by atoms with Crippen LogP contribution in [0.25, 0.3) is 0 Å². The maximum Gasteiger partial charge on any atom is 0.246 e. The molecule has 0 aliphatic carbocycles. The van der Waals surface area contributed by atoms with Gasteiger partial charge in [0.2, 0.25) is 5.91 Å². The summed E-state index contributed by atoms with van der Waals surface area (Å²) < 4.78 is 0. The van der Waals surface area contributed by atoms with E-state index in [2.05, 4.69) is 5.32 Å². The van der Waals surface area contributed by atoms with Crippen LogP contribution in [-0.2, 0) is 4.79 Å². The normalized spacial score (nSPS) is 11.9. The molecule has 0 radical (unpaired) electrons. The number of carbonyl (C=O) groups is 1. The van der Waals surface area contributed by atoms with Crippen molar-refractivity contribution < 1.29 is 9.90 Å². The predicted octanol–water partition coefficient (Wildman–Crippen LogP) is 2.19. The average Bonchev–Trinajstić information content (AvgIpc) is 2.46. The summed E-state index contributed by atoms with van der Waals surface area (Å²) in [6.07, 6.45) is 0. The third-order valence-electron chi connectivity index (χ3n) is 2.99. The van der Waals surface area contributed by atoms with Crippen LogP contribution in [0.5, 0.6) is 0 Å². The Hall–Kier alpha value is -2.13. The second-order valence-corrected chi connectivity index (χ2v) is 4.48. The number of amides is 1. The zero-order valence-electron chi connectivity index (χ0n) is 10.8. The van der Waals surface area contributed by atoms with Gasteiger partial charge in [-0.25, -0.2) is 0 Å². The summed E-state index contributed by atoms with van der Waals surface area (Å²) in [5, 5.41) is 11.7. The Morgan fingerprint density at radius 1 is 1.05 bits per heavy atom. The van der Waals surface area contributed by atoms with Gasteiger partial charge in [0.1, 0.15) is 6.61 Å². The Bertz CT molecular complexity index is 534. The summed E-state index contributed by atoms with van der Waals surface area (Å²) in [4.78, 5) is 11.5. The molecule has 2 aromatic carbocycles. The first-order chi connectivity index (χ1) is 9.20. The average molecular weight is 255 g/mol. The highest BCUT2D eigenvalue weighted by Crippen LogP contribution is 2.22. The highest BCUT2D eigenvalue weighted by atomic mass is 16.3. The van der Waals surface area contributed by atoms with Gasteiger partial charge in [-0.15, -0.1) is 0 Å². The number of benzene rings is 2. The van der Waals surface area contributed by atoms with E-state index in [1.807, 2.05) is 61.5 Å². The Balaban J connectivity index is 2.34. The van der Waals surface area contributed by atoms with Crippen LogP contribution in [0.2, 0.25) is 0 Å². The molecule has 0 heterocycles. The molecule has 0 aliphatic rings. The van der Waals surface area contributed by atoms with Crippen molar-refractivity contribution in [1.82, 2.24) is 5.32 Å². The van der Waals surface area contributed by atoms with E-state index in [1.165, 1.54) is 5.56 Å². The molecule has 3 heteroatoms. The number of hydrogen-bond acceptors (Lipinski definition) is 2. The highest BCUT2D eigenvalue weighted by Gasteiger charge is 2.15. The van der Waals surface area contributed by atoms with Crippen molar-refractivity contribution in [2.75, 3.05) is 6.61 Å². The van der Waals surface area contributed by atoms with Gasteiger partial charge < -0.3 is 10.4 Å². The fourth-order valence-electron chi connectivity index (χ4n) is 1.97. The molecule has 0 saturated heterocycles. The molecule has 2 rings (SSSR count). The topological polar surface area (TPSA) is 49.3 Å². The van der Waals surface area contributed by atoms with Gasteiger partial charge in [0.15, 0.2) is 0 Å². The lowest BCUT2D eigenvalue weighted by molar-refractivity contribution is -0.124. The lowest BCUT2D eigenvalue weighted by Gasteiger charge is -2.19. The smallest absolute Gasteiger partial charge is 0.246 e. The van der Waals surface area contributed by atoms with Crippen LogP contribution in [0.15, 0.2) is 54.6 Å². The van der Waals surface area contributed by atoms with E-state index in [1.54, 1.807) is 0 Å². The predicted molar refractivity (Wildman–Crippen MR) is 74.7 cm³/mol. The molecule has 2 aromatic rings. The first kappa shape index (κ1) is 13.3. The van der Waals surface area contributed by atoms with E-state index in [0.29, 0.717) is 0 Å². The van der Waals surface area contributed by atoms with E-state index in [0.717, 1.165) is 11.1 Å². The van der Waals surface area contributed by atoms with Crippen LogP contribution < -0.4 is 5.32 Å². The van der Waals surface area contributed by atoms with Gasteiger partial charge in [0.25, 0.3) is 0 Å². The van der Waals surface area contributed by atoms with Gasteiger partial charge in [0, 0.05) is 0 Å².